The Hall–Kier alpha value is -2.22. The molecule has 1 aliphatic heterocycles. The van der Waals surface area contributed by atoms with E-state index in [1.54, 1.807) is 45.0 Å². The minimum Gasteiger partial charge on any atom is -0.444 e. The van der Waals surface area contributed by atoms with Gasteiger partial charge in [0.2, 0.25) is 0 Å². The molecule has 0 saturated carbocycles. The number of alkyl halides is 2. The largest absolute Gasteiger partial charge is 0.444 e. The maximum absolute atomic E-state index is 12.4. The highest BCUT2D eigenvalue weighted by molar-refractivity contribution is 5.96. The van der Waals surface area contributed by atoms with Gasteiger partial charge in [0.15, 0.2) is 0 Å². The molecule has 1 fully saturated rings. The molecule has 2 rings (SSSR count). The van der Waals surface area contributed by atoms with Crippen LogP contribution >= 0.6 is 0 Å². The first-order chi connectivity index (χ1) is 11.6. The lowest BCUT2D eigenvalue weighted by Gasteiger charge is -2.38. The number of ether oxygens (including phenoxy) is 2. The normalized spacial score (nSPS) is 15.0. The maximum Gasteiger partial charge on any atom is 0.412 e. The minimum absolute atomic E-state index is 0.246. The van der Waals surface area contributed by atoms with Crippen molar-refractivity contribution in [1.82, 2.24) is 4.90 Å². The van der Waals surface area contributed by atoms with E-state index in [-0.39, 0.29) is 25.1 Å². The van der Waals surface area contributed by atoms with Crippen LogP contribution in [0, 0.1) is 0 Å². The highest BCUT2D eigenvalue weighted by atomic mass is 19.3. The molecule has 0 aromatic heterocycles. The average molecular weight is 356 g/mol. The number of rotatable bonds is 5. The smallest absolute Gasteiger partial charge is 0.412 e. The van der Waals surface area contributed by atoms with E-state index in [9.17, 15) is 18.4 Å². The lowest BCUT2D eigenvalue weighted by atomic mass is 10.1. The summed E-state index contributed by atoms with van der Waals surface area (Å²) in [5.74, 6) is -0.246. The Morgan fingerprint density at radius 3 is 2.60 bits per heavy atom. The molecule has 1 saturated heterocycles. The third-order valence-electron chi connectivity index (χ3n) is 3.35. The fourth-order valence-electron chi connectivity index (χ4n) is 2.25. The molecule has 8 heteroatoms. The van der Waals surface area contributed by atoms with Gasteiger partial charge in [-0.1, -0.05) is 6.07 Å². The van der Waals surface area contributed by atoms with Gasteiger partial charge in [0.05, 0.1) is 6.10 Å². The van der Waals surface area contributed by atoms with Crippen LogP contribution in [0.15, 0.2) is 24.3 Å². The molecule has 0 spiro atoms. The molecule has 0 bridgehead atoms. The van der Waals surface area contributed by atoms with Crippen LogP contribution in [0.2, 0.25) is 0 Å². The molecule has 2 amide bonds. The number of carbonyl (C=O) groups excluding carboxylic acids is 2. The van der Waals surface area contributed by atoms with Crippen molar-refractivity contribution >= 4 is 17.7 Å². The fourth-order valence-corrected chi connectivity index (χ4v) is 2.25. The number of likely N-dealkylation sites (tertiary alicyclic amines) is 1. The number of carbonyl (C=O) groups is 2. The van der Waals surface area contributed by atoms with E-state index in [2.05, 4.69) is 5.32 Å². The van der Waals surface area contributed by atoms with E-state index in [0.717, 1.165) is 0 Å². The molecule has 138 valence electrons. The van der Waals surface area contributed by atoms with E-state index in [1.165, 1.54) is 4.90 Å². The number of hydrogen-bond donors (Lipinski definition) is 1. The van der Waals surface area contributed by atoms with Gasteiger partial charge in [-0.05, 0) is 39.0 Å². The number of amides is 2. The first kappa shape index (κ1) is 19.1. The van der Waals surface area contributed by atoms with Gasteiger partial charge in [-0.25, -0.2) is 13.6 Å². The predicted octanol–water partition coefficient (Wildman–Crippen LogP) is 3.14. The quantitative estimate of drug-likeness (QED) is 0.880. The van der Waals surface area contributed by atoms with E-state index in [4.69, 9.17) is 9.47 Å². The zero-order valence-electron chi connectivity index (χ0n) is 14.4. The molecule has 25 heavy (non-hydrogen) atoms. The molecule has 1 aromatic rings. The number of anilines is 1. The SMILES string of the molecule is CC(C)(C)OC(=O)Nc1cccc(C(=O)N2CC(OCC(F)F)C2)c1. The minimum atomic E-state index is -2.51. The summed E-state index contributed by atoms with van der Waals surface area (Å²) in [4.78, 5) is 25.6. The van der Waals surface area contributed by atoms with Gasteiger partial charge in [-0.15, -0.1) is 0 Å². The van der Waals surface area contributed by atoms with Crippen molar-refractivity contribution in [2.45, 2.75) is 38.9 Å². The Labute approximate surface area is 145 Å². The fraction of sp³-hybridized carbons (Fsp3) is 0.529. The average Bonchev–Trinajstić information content (AvgIpc) is 2.43. The maximum atomic E-state index is 12.4. The molecule has 1 N–H and O–H groups in total. The standard InChI is InChI=1S/C17H22F2N2O4/c1-17(2,3)25-16(23)20-12-6-4-5-11(7-12)15(22)21-8-13(9-21)24-10-14(18)19/h4-7,13-14H,8-10H2,1-3H3,(H,20,23). The van der Waals surface area contributed by atoms with Gasteiger partial charge >= 0.3 is 6.09 Å². The van der Waals surface area contributed by atoms with Gasteiger partial charge < -0.3 is 14.4 Å². The van der Waals surface area contributed by atoms with Crippen molar-refractivity contribution < 1.29 is 27.8 Å². The number of hydrogen-bond acceptors (Lipinski definition) is 4. The summed E-state index contributed by atoms with van der Waals surface area (Å²) < 4.78 is 34.3. The van der Waals surface area contributed by atoms with E-state index in [0.29, 0.717) is 11.3 Å². The monoisotopic (exact) mass is 356 g/mol. The summed E-state index contributed by atoms with van der Waals surface area (Å²) in [6, 6.07) is 6.45. The summed E-state index contributed by atoms with van der Waals surface area (Å²) in [5, 5.41) is 2.57. The van der Waals surface area contributed by atoms with Crippen LogP contribution in [-0.4, -0.2) is 54.7 Å². The van der Waals surface area contributed by atoms with Crippen LogP contribution in [0.25, 0.3) is 0 Å². The van der Waals surface area contributed by atoms with Crippen LogP contribution in [0.5, 0.6) is 0 Å². The topological polar surface area (TPSA) is 67.9 Å². The van der Waals surface area contributed by atoms with Gasteiger partial charge in [0.25, 0.3) is 12.3 Å². The number of benzene rings is 1. The molecule has 0 aliphatic carbocycles. The molecule has 0 atom stereocenters. The van der Waals surface area contributed by atoms with E-state index in [1.807, 2.05) is 0 Å². The number of halogens is 2. The highest BCUT2D eigenvalue weighted by Crippen LogP contribution is 2.19. The van der Waals surface area contributed by atoms with Crippen molar-refractivity contribution in [3.63, 3.8) is 0 Å². The van der Waals surface area contributed by atoms with Gasteiger partial charge in [-0.3, -0.25) is 10.1 Å². The second kappa shape index (κ2) is 7.77. The van der Waals surface area contributed by atoms with Crippen molar-refractivity contribution in [3.05, 3.63) is 29.8 Å². The van der Waals surface area contributed by atoms with E-state index < -0.39 is 24.7 Å². The molecule has 6 nitrogen and oxygen atoms in total. The first-order valence-corrected chi connectivity index (χ1v) is 7.93. The molecule has 1 aliphatic rings. The Kier molecular flexibility index (Phi) is 5.94. The van der Waals surface area contributed by atoms with Gasteiger partial charge in [-0.2, -0.15) is 0 Å². The number of nitrogens with zero attached hydrogens (tertiary/aromatic N) is 1. The second-order valence-corrected chi connectivity index (χ2v) is 6.76. The Balaban J connectivity index is 1.89. The van der Waals surface area contributed by atoms with Crippen LogP contribution in [-0.2, 0) is 9.47 Å². The molecule has 1 heterocycles. The Bertz CT molecular complexity index is 625. The predicted molar refractivity (Wildman–Crippen MR) is 87.9 cm³/mol. The van der Waals surface area contributed by atoms with Crippen LogP contribution in [0.4, 0.5) is 19.3 Å². The summed E-state index contributed by atoms with van der Waals surface area (Å²) in [6.07, 6.45) is -3.48. The third kappa shape index (κ3) is 5.97. The molecular weight excluding hydrogens is 334 g/mol. The zero-order chi connectivity index (χ0) is 18.6. The molecule has 0 radical (unpaired) electrons. The Morgan fingerprint density at radius 1 is 1.32 bits per heavy atom. The molecular formula is C17H22F2N2O4. The summed E-state index contributed by atoms with van der Waals surface area (Å²) >= 11 is 0. The van der Waals surface area contributed by atoms with Gasteiger partial charge in [0, 0.05) is 24.3 Å². The van der Waals surface area contributed by atoms with Crippen LogP contribution in [0.1, 0.15) is 31.1 Å². The Morgan fingerprint density at radius 2 is 2.00 bits per heavy atom. The lowest BCUT2D eigenvalue weighted by Crippen LogP contribution is -2.55. The summed E-state index contributed by atoms with van der Waals surface area (Å²) in [5.41, 5.74) is 0.203. The van der Waals surface area contributed by atoms with Crippen LogP contribution in [0.3, 0.4) is 0 Å². The van der Waals surface area contributed by atoms with Crippen LogP contribution < -0.4 is 5.32 Å². The number of nitrogens with one attached hydrogen (secondary N) is 1. The summed E-state index contributed by atoms with van der Waals surface area (Å²) in [6.45, 7) is 5.18. The molecule has 0 unspecified atom stereocenters. The van der Waals surface area contributed by atoms with Crippen molar-refractivity contribution in [2.24, 2.45) is 0 Å². The lowest BCUT2D eigenvalue weighted by molar-refractivity contribution is -0.0775. The van der Waals surface area contributed by atoms with Crippen molar-refractivity contribution in [1.29, 1.82) is 0 Å². The summed E-state index contributed by atoms with van der Waals surface area (Å²) in [7, 11) is 0. The second-order valence-electron chi connectivity index (χ2n) is 6.76. The zero-order valence-corrected chi connectivity index (χ0v) is 14.4. The van der Waals surface area contributed by atoms with Gasteiger partial charge in [0.1, 0.15) is 12.2 Å². The first-order valence-electron chi connectivity index (χ1n) is 7.93. The van der Waals surface area contributed by atoms with E-state index >= 15 is 0 Å². The molecule has 1 aromatic carbocycles. The highest BCUT2D eigenvalue weighted by Gasteiger charge is 2.32. The van der Waals surface area contributed by atoms with Crippen molar-refractivity contribution in [2.75, 3.05) is 25.0 Å². The third-order valence-corrected chi connectivity index (χ3v) is 3.35. The van der Waals surface area contributed by atoms with Crippen molar-refractivity contribution in [3.8, 4) is 0 Å².